The highest BCUT2D eigenvalue weighted by atomic mass is 16.4. The molecule has 0 spiro atoms. The lowest BCUT2D eigenvalue weighted by atomic mass is 9.93. The number of amides is 2. The fourth-order valence-corrected chi connectivity index (χ4v) is 3.09. The Bertz CT molecular complexity index is 371. The fraction of sp³-hybridized carbons (Fsp3) is 0.867. The zero-order valence-corrected chi connectivity index (χ0v) is 12.5. The van der Waals surface area contributed by atoms with Gasteiger partial charge in [-0.1, -0.05) is 12.8 Å². The van der Waals surface area contributed by atoms with E-state index < -0.39 is 11.5 Å². The van der Waals surface area contributed by atoms with Gasteiger partial charge >= 0.3 is 12.0 Å². The summed E-state index contributed by atoms with van der Waals surface area (Å²) >= 11 is 0. The molecule has 0 unspecified atom stereocenters. The van der Waals surface area contributed by atoms with E-state index in [2.05, 4.69) is 5.32 Å². The molecule has 2 amide bonds. The average molecular weight is 282 g/mol. The monoisotopic (exact) mass is 282 g/mol. The molecule has 0 aromatic rings. The summed E-state index contributed by atoms with van der Waals surface area (Å²) in [4.78, 5) is 25.4. The third-order valence-electron chi connectivity index (χ3n) is 4.46. The predicted molar refractivity (Wildman–Crippen MR) is 76.5 cm³/mol. The van der Waals surface area contributed by atoms with Crippen LogP contribution in [0.1, 0.15) is 58.8 Å². The van der Waals surface area contributed by atoms with Crippen LogP contribution in [0.2, 0.25) is 0 Å². The van der Waals surface area contributed by atoms with Gasteiger partial charge in [0.1, 0.15) is 0 Å². The third kappa shape index (κ3) is 3.87. The van der Waals surface area contributed by atoms with Crippen LogP contribution in [0.3, 0.4) is 0 Å². The van der Waals surface area contributed by atoms with E-state index in [4.69, 9.17) is 5.11 Å². The SMILES string of the molecule is CC(C)N(CC1CC1)C(=O)NC1(CC(=O)O)CCCC1. The first-order valence-corrected chi connectivity index (χ1v) is 7.72. The molecular weight excluding hydrogens is 256 g/mol. The number of rotatable bonds is 6. The van der Waals surface area contributed by atoms with E-state index in [1.807, 2.05) is 18.7 Å². The Hall–Kier alpha value is -1.26. The van der Waals surface area contributed by atoms with Crippen LogP contribution in [0, 0.1) is 5.92 Å². The van der Waals surface area contributed by atoms with Gasteiger partial charge in [0.05, 0.1) is 12.0 Å². The van der Waals surface area contributed by atoms with E-state index in [0.29, 0.717) is 5.92 Å². The molecule has 2 saturated carbocycles. The second-order valence-electron chi connectivity index (χ2n) is 6.68. The van der Waals surface area contributed by atoms with Gasteiger partial charge < -0.3 is 15.3 Å². The first-order chi connectivity index (χ1) is 9.42. The van der Waals surface area contributed by atoms with Crippen molar-refractivity contribution >= 4 is 12.0 Å². The van der Waals surface area contributed by atoms with Gasteiger partial charge in [0, 0.05) is 12.6 Å². The minimum atomic E-state index is -0.828. The second-order valence-corrected chi connectivity index (χ2v) is 6.68. The molecule has 0 saturated heterocycles. The van der Waals surface area contributed by atoms with Crippen LogP contribution in [0.5, 0.6) is 0 Å². The molecule has 2 N–H and O–H groups in total. The molecule has 0 radical (unpaired) electrons. The number of carbonyl (C=O) groups is 2. The normalized spacial score (nSPS) is 20.9. The van der Waals surface area contributed by atoms with Crippen LogP contribution in [0.4, 0.5) is 4.79 Å². The van der Waals surface area contributed by atoms with Crippen molar-refractivity contribution in [2.75, 3.05) is 6.54 Å². The van der Waals surface area contributed by atoms with Gasteiger partial charge in [0.15, 0.2) is 0 Å². The highest BCUT2D eigenvalue weighted by Crippen LogP contribution is 2.34. The van der Waals surface area contributed by atoms with Crippen LogP contribution >= 0.6 is 0 Å². The van der Waals surface area contributed by atoms with Crippen molar-refractivity contribution in [2.24, 2.45) is 5.92 Å². The molecule has 20 heavy (non-hydrogen) atoms. The molecule has 2 fully saturated rings. The largest absolute Gasteiger partial charge is 0.481 e. The number of urea groups is 1. The molecular formula is C15H26N2O3. The van der Waals surface area contributed by atoms with E-state index in [1.54, 1.807) is 0 Å². The van der Waals surface area contributed by atoms with E-state index in [1.165, 1.54) is 12.8 Å². The molecule has 2 rings (SSSR count). The summed E-state index contributed by atoms with van der Waals surface area (Å²) in [7, 11) is 0. The van der Waals surface area contributed by atoms with Crippen molar-refractivity contribution in [3.63, 3.8) is 0 Å². The zero-order chi connectivity index (χ0) is 14.8. The Labute approximate surface area is 120 Å². The van der Waals surface area contributed by atoms with Gasteiger partial charge in [-0.05, 0) is 45.4 Å². The number of carbonyl (C=O) groups excluding carboxylic acids is 1. The number of aliphatic carboxylic acids is 1. The maximum absolute atomic E-state index is 12.5. The summed E-state index contributed by atoms with van der Waals surface area (Å²) in [6.45, 7) is 4.83. The van der Waals surface area contributed by atoms with Crippen molar-refractivity contribution in [1.29, 1.82) is 0 Å². The summed E-state index contributed by atoms with van der Waals surface area (Å²) in [5.41, 5.74) is -0.528. The first kappa shape index (κ1) is 15.1. The number of nitrogens with zero attached hydrogens (tertiary/aromatic N) is 1. The topological polar surface area (TPSA) is 69.6 Å². The molecule has 0 aromatic heterocycles. The Morgan fingerprint density at radius 1 is 1.30 bits per heavy atom. The standard InChI is InChI=1S/C15H26N2O3/c1-11(2)17(10-12-5-6-12)14(20)16-15(9-13(18)19)7-3-4-8-15/h11-12H,3-10H2,1-2H3,(H,16,20)(H,18,19). The molecule has 0 atom stereocenters. The van der Waals surface area contributed by atoms with Crippen LogP contribution in [-0.2, 0) is 4.79 Å². The molecule has 5 nitrogen and oxygen atoms in total. The van der Waals surface area contributed by atoms with E-state index in [0.717, 1.165) is 32.2 Å². The lowest BCUT2D eigenvalue weighted by Crippen LogP contribution is -2.54. The number of hydrogen-bond acceptors (Lipinski definition) is 2. The smallest absolute Gasteiger partial charge is 0.318 e. The highest BCUT2D eigenvalue weighted by Gasteiger charge is 2.39. The lowest BCUT2D eigenvalue weighted by Gasteiger charge is -2.34. The van der Waals surface area contributed by atoms with Gasteiger partial charge in [0.2, 0.25) is 0 Å². The number of nitrogens with one attached hydrogen (secondary N) is 1. The molecule has 0 heterocycles. The maximum Gasteiger partial charge on any atom is 0.318 e. The molecule has 5 heteroatoms. The van der Waals surface area contributed by atoms with Gasteiger partial charge in [0.25, 0.3) is 0 Å². The van der Waals surface area contributed by atoms with Crippen molar-refractivity contribution in [3.8, 4) is 0 Å². The molecule has 2 aliphatic rings. The summed E-state index contributed by atoms with van der Waals surface area (Å²) < 4.78 is 0. The van der Waals surface area contributed by atoms with Gasteiger partial charge in [-0.15, -0.1) is 0 Å². The number of carboxylic acids is 1. The Morgan fingerprint density at radius 2 is 1.90 bits per heavy atom. The predicted octanol–water partition coefficient (Wildman–Crippen LogP) is 2.60. The fourth-order valence-electron chi connectivity index (χ4n) is 3.09. The van der Waals surface area contributed by atoms with Crippen molar-refractivity contribution < 1.29 is 14.7 Å². The zero-order valence-electron chi connectivity index (χ0n) is 12.5. The van der Waals surface area contributed by atoms with Crippen molar-refractivity contribution in [2.45, 2.75) is 70.4 Å². The Kier molecular flexibility index (Phi) is 4.55. The van der Waals surface area contributed by atoms with Crippen molar-refractivity contribution in [3.05, 3.63) is 0 Å². The molecule has 0 aliphatic heterocycles. The summed E-state index contributed by atoms with van der Waals surface area (Å²) in [6, 6.07) is 0.0638. The number of hydrogen-bond donors (Lipinski definition) is 2. The molecule has 2 aliphatic carbocycles. The van der Waals surface area contributed by atoms with Gasteiger partial charge in [-0.3, -0.25) is 4.79 Å². The van der Waals surface area contributed by atoms with Crippen LogP contribution in [-0.4, -0.2) is 40.1 Å². The van der Waals surface area contributed by atoms with Crippen molar-refractivity contribution in [1.82, 2.24) is 10.2 Å². The van der Waals surface area contributed by atoms with E-state index in [-0.39, 0.29) is 18.5 Å². The van der Waals surface area contributed by atoms with Crippen LogP contribution < -0.4 is 5.32 Å². The lowest BCUT2D eigenvalue weighted by molar-refractivity contribution is -0.138. The third-order valence-corrected chi connectivity index (χ3v) is 4.46. The first-order valence-electron chi connectivity index (χ1n) is 7.72. The van der Waals surface area contributed by atoms with E-state index >= 15 is 0 Å². The second kappa shape index (κ2) is 6.02. The van der Waals surface area contributed by atoms with Gasteiger partial charge in [-0.2, -0.15) is 0 Å². The minimum absolute atomic E-state index is 0.0358. The Morgan fingerprint density at radius 3 is 2.35 bits per heavy atom. The van der Waals surface area contributed by atoms with E-state index in [9.17, 15) is 9.59 Å². The Balaban J connectivity index is 2.00. The van der Waals surface area contributed by atoms with Gasteiger partial charge in [-0.25, -0.2) is 4.79 Å². The minimum Gasteiger partial charge on any atom is -0.481 e. The average Bonchev–Trinajstić information content (AvgIpc) is 3.05. The molecule has 0 aromatic carbocycles. The maximum atomic E-state index is 12.5. The summed E-state index contributed by atoms with van der Waals surface area (Å²) in [5.74, 6) is -0.187. The summed E-state index contributed by atoms with van der Waals surface area (Å²) in [5, 5.41) is 12.1. The highest BCUT2D eigenvalue weighted by molar-refractivity contribution is 5.77. The van der Waals surface area contributed by atoms with Crippen LogP contribution in [0.25, 0.3) is 0 Å². The molecule has 0 bridgehead atoms. The number of carboxylic acid groups (broad SMARTS) is 1. The quantitative estimate of drug-likeness (QED) is 0.786. The molecule has 114 valence electrons. The van der Waals surface area contributed by atoms with Crippen LogP contribution in [0.15, 0.2) is 0 Å². The summed E-state index contributed by atoms with van der Waals surface area (Å²) in [6.07, 6.45) is 6.00.